The van der Waals surface area contributed by atoms with Crippen LogP contribution < -0.4 is 5.32 Å². The number of imidazole rings is 1. The number of H-pyrrole nitrogens is 1. The normalized spacial score (nSPS) is 12.0. The van der Waals surface area contributed by atoms with E-state index >= 15 is 0 Å². The van der Waals surface area contributed by atoms with E-state index in [1.54, 1.807) is 6.92 Å². The van der Waals surface area contributed by atoms with Gasteiger partial charge in [-0.15, -0.1) is 0 Å². The lowest BCUT2D eigenvalue weighted by Gasteiger charge is -2.12. The SMILES string of the molecule is CC(NC(=O)c1c(F)ccc([N+](=O)[O-])c1F)c1ncc[nH]1. The third kappa shape index (κ3) is 2.86. The van der Waals surface area contributed by atoms with E-state index < -0.39 is 39.8 Å². The highest BCUT2D eigenvalue weighted by molar-refractivity contribution is 5.95. The summed E-state index contributed by atoms with van der Waals surface area (Å²) in [5.41, 5.74) is -1.96. The first-order valence-electron chi connectivity index (χ1n) is 5.84. The summed E-state index contributed by atoms with van der Waals surface area (Å²) in [6.07, 6.45) is 2.97. The predicted octanol–water partition coefficient (Wildman–Crippen LogP) is 2.09. The molecule has 1 aromatic heterocycles. The molecule has 0 saturated heterocycles. The van der Waals surface area contributed by atoms with Crippen molar-refractivity contribution in [2.75, 3.05) is 0 Å². The van der Waals surface area contributed by atoms with Gasteiger partial charge in [-0.05, 0) is 13.0 Å². The number of nitrogens with one attached hydrogen (secondary N) is 2. The minimum Gasteiger partial charge on any atom is -0.347 e. The molecule has 0 radical (unpaired) electrons. The Balaban J connectivity index is 2.31. The van der Waals surface area contributed by atoms with E-state index in [1.807, 2.05) is 0 Å². The number of nitro benzene ring substituents is 1. The van der Waals surface area contributed by atoms with Crippen LogP contribution in [0.5, 0.6) is 0 Å². The number of rotatable bonds is 4. The highest BCUT2D eigenvalue weighted by Gasteiger charge is 2.27. The van der Waals surface area contributed by atoms with Crippen LogP contribution in [0.1, 0.15) is 29.1 Å². The number of hydrogen-bond acceptors (Lipinski definition) is 4. The molecule has 21 heavy (non-hydrogen) atoms. The molecule has 7 nitrogen and oxygen atoms in total. The Morgan fingerprint density at radius 2 is 2.19 bits per heavy atom. The molecule has 9 heteroatoms. The van der Waals surface area contributed by atoms with E-state index in [9.17, 15) is 23.7 Å². The molecule has 110 valence electrons. The highest BCUT2D eigenvalue weighted by atomic mass is 19.1. The van der Waals surface area contributed by atoms with Crippen LogP contribution in [-0.2, 0) is 0 Å². The minimum absolute atomic E-state index is 0.384. The summed E-state index contributed by atoms with van der Waals surface area (Å²) in [4.78, 5) is 28.1. The van der Waals surface area contributed by atoms with Crippen molar-refractivity contribution in [1.82, 2.24) is 15.3 Å². The Bertz CT molecular complexity index is 688. The van der Waals surface area contributed by atoms with Crippen molar-refractivity contribution < 1.29 is 18.5 Å². The molecule has 2 N–H and O–H groups in total. The van der Waals surface area contributed by atoms with Crippen molar-refractivity contribution in [2.24, 2.45) is 0 Å². The molecule has 0 saturated carbocycles. The first-order valence-corrected chi connectivity index (χ1v) is 5.84. The fraction of sp³-hybridized carbons (Fsp3) is 0.167. The summed E-state index contributed by atoms with van der Waals surface area (Å²) < 4.78 is 27.5. The number of amides is 1. The number of benzene rings is 1. The smallest absolute Gasteiger partial charge is 0.305 e. The highest BCUT2D eigenvalue weighted by Crippen LogP contribution is 2.23. The summed E-state index contributed by atoms with van der Waals surface area (Å²) in [6.45, 7) is 1.55. The number of halogens is 2. The molecule has 2 rings (SSSR count). The van der Waals surface area contributed by atoms with Crippen molar-refractivity contribution >= 4 is 11.6 Å². The molecule has 0 aliphatic heterocycles. The summed E-state index contributed by atoms with van der Waals surface area (Å²) in [6, 6.07) is 0.691. The Hall–Kier alpha value is -2.84. The van der Waals surface area contributed by atoms with E-state index in [0.717, 1.165) is 0 Å². The number of nitrogens with zero attached hydrogens (tertiary/aromatic N) is 2. The van der Waals surface area contributed by atoms with Crippen LogP contribution in [-0.4, -0.2) is 20.8 Å². The van der Waals surface area contributed by atoms with Crippen LogP contribution in [0, 0.1) is 21.7 Å². The molecule has 1 unspecified atom stereocenters. The maximum atomic E-state index is 13.9. The number of aromatic nitrogens is 2. The van der Waals surface area contributed by atoms with E-state index in [2.05, 4.69) is 15.3 Å². The van der Waals surface area contributed by atoms with Gasteiger partial charge in [-0.1, -0.05) is 0 Å². The molecule has 0 aliphatic rings. The van der Waals surface area contributed by atoms with E-state index in [1.165, 1.54) is 12.4 Å². The van der Waals surface area contributed by atoms with Gasteiger partial charge in [0.2, 0.25) is 5.82 Å². The maximum absolute atomic E-state index is 13.9. The summed E-state index contributed by atoms with van der Waals surface area (Å²) in [5, 5.41) is 12.9. The number of aromatic amines is 1. The lowest BCUT2D eigenvalue weighted by molar-refractivity contribution is -0.387. The largest absolute Gasteiger partial charge is 0.347 e. The Morgan fingerprint density at radius 3 is 2.76 bits per heavy atom. The Kier molecular flexibility index (Phi) is 3.92. The second kappa shape index (κ2) is 5.65. The van der Waals surface area contributed by atoms with Gasteiger partial charge in [0.15, 0.2) is 0 Å². The van der Waals surface area contributed by atoms with Gasteiger partial charge >= 0.3 is 5.69 Å². The zero-order valence-electron chi connectivity index (χ0n) is 10.8. The van der Waals surface area contributed by atoms with E-state index in [4.69, 9.17) is 0 Å². The predicted molar refractivity (Wildman–Crippen MR) is 67.5 cm³/mol. The van der Waals surface area contributed by atoms with E-state index in [0.29, 0.717) is 18.0 Å². The third-order valence-electron chi connectivity index (χ3n) is 2.77. The number of hydrogen-bond donors (Lipinski definition) is 2. The summed E-state index contributed by atoms with van der Waals surface area (Å²) >= 11 is 0. The second-order valence-corrected chi connectivity index (χ2v) is 4.18. The van der Waals surface area contributed by atoms with Crippen LogP contribution in [0.25, 0.3) is 0 Å². The number of carbonyl (C=O) groups excluding carboxylic acids is 1. The van der Waals surface area contributed by atoms with Crippen molar-refractivity contribution in [3.8, 4) is 0 Å². The summed E-state index contributed by atoms with van der Waals surface area (Å²) in [7, 11) is 0. The molecular weight excluding hydrogens is 286 g/mol. The van der Waals surface area contributed by atoms with Crippen LogP contribution in [0.2, 0.25) is 0 Å². The minimum atomic E-state index is -1.51. The molecule has 2 aromatic rings. The fourth-order valence-electron chi connectivity index (χ4n) is 1.74. The van der Waals surface area contributed by atoms with Gasteiger partial charge in [-0.25, -0.2) is 9.37 Å². The van der Waals surface area contributed by atoms with Crippen LogP contribution in [0.4, 0.5) is 14.5 Å². The van der Waals surface area contributed by atoms with Gasteiger partial charge in [0.05, 0.1) is 11.0 Å². The van der Waals surface area contributed by atoms with E-state index in [-0.39, 0.29) is 0 Å². The fourth-order valence-corrected chi connectivity index (χ4v) is 1.74. The van der Waals surface area contributed by atoms with Gasteiger partial charge in [0.25, 0.3) is 5.91 Å². The lowest BCUT2D eigenvalue weighted by atomic mass is 10.1. The van der Waals surface area contributed by atoms with Gasteiger partial charge < -0.3 is 10.3 Å². The number of carbonyl (C=O) groups is 1. The second-order valence-electron chi connectivity index (χ2n) is 4.18. The molecule has 1 heterocycles. The van der Waals surface area contributed by atoms with Crippen molar-refractivity contribution in [1.29, 1.82) is 0 Å². The molecule has 1 amide bonds. The molecule has 0 spiro atoms. The molecule has 0 fully saturated rings. The number of nitro groups is 1. The Labute approximate surface area is 117 Å². The molecule has 1 atom stereocenters. The van der Waals surface area contributed by atoms with Crippen LogP contribution >= 0.6 is 0 Å². The standard InChI is InChI=1S/C12H10F2N4O3/c1-6(11-15-4-5-16-11)17-12(19)9-7(13)2-3-8(10(9)14)18(20)21/h2-6H,1H3,(H,15,16)(H,17,19). The maximum Gasteiger partial charge on any atom is 0.305 e. The van der Waals surface area contributed by atoms with Crippen molar-refractivity contribution in [3.63, 3.8) is 0 Å². The van der Waals surface area contributed by atoms with Crippen LogP contribution in [0.15, 0.2) is 24.5 Å². The van der Waals surface area contributed by atoms with Crippen molar-refractivity contribution in [2.45, 2.75) is 13.0 Å². The van der Waals surface area contributed by atoms with Gasteiger partial charge in [-0.3, -0.25) is 14.9 Å². The lowest BCUT2D eigenvalue weighted by Crippen LogP contribution is -2.29. The first-order chi connectivity index (χ1) is 9.91. The summed E-state index contributed by atoms with van der Waals surface area (Å²) in [5.74, 6) is -3.40. The average molecular weight is 296 g/mol. The van der Waals surface area contributed by atoms with Gasteiger partial charge in [-0.2, -0.15) is 4.39 Å². The van der Waals surface area contributed by atoms with Crippen LogP contribution in [0.3, 0.4) is 0 Å². The Morgan fingerprint density at radius 1 is 1.48 bits per heavy atom. The average Bonchev–Trinajstić information content (AvgIpc) is 2.91. The topological polar surface area (TPSA) is 101 Å². The monoisotopic (exact) mass is 296 g/mol. The first kappa shape index (κ1) is 14.6. The van der Waals surface area contributed by atoms with Gasteiger partial charge in [0, 0.05) is 18.5 Å². The van der Waals surface area contributed by atoms with Crippen molar-refractivity contribution in [3.05, 3.63) is 57.7 Å². The molecule has 0 bridgehead atoms. The molecule has 1 aromatic carbocycles. The quantitative estimate of drug-likeness (QED) is 0.666. The third-order valence-corrected chi connectivity index (χ3v) is 2.77. The zero-order chi connectivity index (χ0) is 15.6. The molecule has 0 aliphatic carbocycles. The molecular formula is C12H10F2N4O3. The zero-order valence-corrected chi connectivity index (χ0v) is 10.8. The van der Waals surface area contributed by atoms with Gasteiger partial charge in [0.1, 0.15) is 17.2 Å².